The fraction of sp³-hybridized carbons (Fsp3) is 0.708. The highest BCUT2D eigenvalue weighted by Gasteiger charge is 2.37. The summed E-state index contributed by atoms with van der Waals surface area (Å²) in [7, 11) is 2.09. The molecule has 3 heterocycles. The first-order valence-electron chi connectivity index (χ1n) is 13.0. The average molecular weight is 503 g/mol. The van der Waals surface area contributed by atoms with Crippen molar-refractivity contribution in [2.24, 2.45) is 11.8 Å². The van der Waals surface area contributed by atoms with Crippen LogP contribution in [0.1, 0.15) is 44.9 Å². The number of likely N-dealkylation sites (N-methyl/N-ethyl adjacent to an activating group) is 1. The Balaban J connectivity index is 1.44. The van der Waals surface area contributed by atoms with E-state index in [0.29, 0.717) is 42.6 Å². The van der Waals surface area contributed by atoms with Crippen LogP contribution in [0.2, 0.25) is 0 Å². The van der Waals surface area contributed by atoms with Gasteiger partial charge in [0.15, 0.2) is 0 Å². The van der Waals surface area contributed by atoms with E-state index in [2.05, 4.69) is 37.6 Å². The van der Waals surface area contributed by atoms with Gasteiger partial charge in [-0.3, -0.25) is 24.6 Å². The van der Waals surface area contributed by atoms with Crippen LogP contribution in [0.25, 0.3) is 0 Å². The lowest BCUT2D eigenvalue weighted by atomic mass is 9.91. The SMILES string of the molecule is CN1CCN(c2cc(NC(=O)[C@@H]3CCCNN3C(=O)[C@H](CC3CCCC3)CN(O)C=O)ncn2)CC1. The van der Waals surface area contributed by atoms with Gasteiger partial charge in [0.2, 0.25) is 18.2 Å². The van der Waals surface area contributed by atoms with Gasteiger partial charge in [-0.15, -0.1) is 0 Å². The van der Waals surface area contributed by atoms with Gasteiger partial charge in [0.1, 0.15) is 24.0 Å². The lowest BCUT2D eigenvalue weighted by molar-refractivity contribution is -0.161. The molecule has 2 aliphatic heterocycles. The van der Waals surface area contributed by atoms with E-state index in [0.717, 1.165) is 64.1 Å². The lowest BCUT2D eigenvalue weighted by Crippen LogP contribution is -2.59. The molecular weight excluding hydrogens is 464 g/mol. The van der Waals surface area contributed by atoms with Crippen LogP contribution in [0, 0.1) is 11.8 Å². The molecule has 3 fully saturated rings. The highest BCUT2D eigenvalue weighted by Crippen LogP contribution is 2.31. The number of hydrogen-bond donors (Lipinski definition) is 3. The summed E-state index contributed by atoms with van der Waals surface area (Å²) in [5.74, 6) is 0.346. The van der Waals surface area contributed by atoms with Crippen molar-refractivity contribution in [3.8, 4) is 0 Å². The molecule has 1 aromatic heterocycles. The Labute approximate surface area is 211 Å². The first kappa shape index (κ1) is 26.2. The van der Waals surface area contributed by atoms with Crippen molar-refractivity contribution < 1.29 is 19.6 Å². The molecule has 0 unspecified atom stereocenters. The van der Waals surface area contributed by atoms with E-state index in [1.165, 1.54) is 11.3 Å². The van der Waals surface area contributed by atoms with E-state index in [1.54, 1.807) is 6.07 Å². The summed E-state index contributed by atoms with van der Waals surface area (Å²) >= 11 is 0. The minimum absolute atomic E-state index is 0.0916. The summed E-state index contributed by atoms with van der Waals surface area (Å²) in [4.78, 5) is 51.0. The largest absolute Gasteiger partial charge is 0.354 e. The molecule has 1 saturated carbocycles. The van der Waals surface area contributed by atoms with Crippen molar-refractivity contribution in [2.45, 2.75) is 51.0 Å². The van der Waals surface area contributed by atoms with Crippen LogP contribution in [0.4, 0.5) is 11.6 Å². The van der Waals surface area contributed by atoms with E-state index >= 15 is 0 Å². The number of aromatic nitrogens is 2. The van der Waals surface area contributed by atoms with E-state index in [1.807, 2.05) is 0 Å². The van der Waals surface area contributed by atoms with Crippen molar-refractivity contribution in [3.63, 3.8) is 0 Å². The van der Waals surface area contributed by atoms with Gasteiger partial charge in [0.05, 0.1) is 12.5 Å². The second-order valence-electron chi connectivity index (χ2n) is 10.1. The molecule has 0 radical (unpaired) electrons. The van der Waals surface area contributed by atoms with Gasteiger partial charge in [-0.1, -0.05) is 25.7 Å². The number of amides is 3. The van der Waals surface area contributed by atoms with Crippen LogP contribution in [-0.4, -0.2) is 101 Å². The van der Waals surface area contributed by atoms with Crippen LogP contribution < -0.4 is 15.6 Å². The fourth-order valence-electron chi connectivity index (χ4n) is 5.41. The minimum Gasteiger partial charge on any atom is -0.354 e. The van der Waals surface area contributed by atoms with Crippen LogP contribution in [0.3, 0.4) is 0 Å². The average Bonchev–Trinajstić information content (AvgIpc) is 3.41. The molecule has 3 aliphatic rings. The molecule has 4 rings (SSSR count). The maximum atomic E-state index is 13.6. The zero-order valence-electron chi connectivity index (χ0n) is 21.0. The number of anilines is 2. The Morgan fingerprint density at radius 3 is 2.67 bits per heavy atom. The third-order valence-electron chi connectivity index (χ3n) is 7.49. The van der Waals surface area contributed by atoms with E-state index < -0.39 is 12.0 Å². The molecule has 3 N–H and O–H groups in total. The first-order chi connectivity index (χ1) is 17.4. The Hall–Kier alpha value is -2.83. The summed E-state index contributed by atoms with van der Waals surface area (Å²) in [6, 6.07) is 1.05. The van der Waals surface area contributed by atoms with Crippen molar-refractivity contribution in [1.29, 1.82) is 0 Å². The molecule has 12 heteroatoms. The van der Waals surface area contributed by atoms with Crippen LogP contribution >= 0.6 is 0 Å². The minimum atomic E-state index is -0.720. The molecule has 0 spiro atoms. The second kappa shape index (κ2) is 12.4. The third kappa shape index (κ3) is 6.68. The van der Waals surface area contributed by atoms with Gasteiger partial charge in [0.25, 0.3) is 0 Å². The standard InChI is InChI=1S/C24H38N8O4/c1-29-9-11-30(12-10-29)22-14-21(25-16-26-22)28-23(34)20-7-4-8-27-32(20)24(35)19(15-31(36)17-33)13-18-5-2-3-6-18/h14,16-20,27,36H,2-13,15H2,1H3,(H,25,26,28,34)/t19-,20+/m1/s1. The molecule has 198 valence electrons. The number of nitrogens with zero attached hydrogens (tertiary/aromatic N) is 6. The predicted octanol–water partition coefficient (Wildman–Crippen LogP) is 0.707. The first-order valence-corrected chi connectivity index (χ1v) is 13.0. The summed E-state index contributed by atoms with van der Waals surface area (Å²) < 4.78 is 0. The highest BCUT2D eigenvalue weighted by atomic mass is 16.5. The van der Waals surface area contributed by atoms with Crippen molar-refractivity contribution in [3.05, 3.63) is 12.4 Å². The molecule has 12 nitrogen and oxygen atoms in total. The maximum absolute atomic E-state index is 13.6. The number of nitrogens with one attached hydrogen (secondary N) is 2. The second-order valence-corrected chi connectivity index (χ2v) is 10.1. The Morgan fingerprint density at radius 1 is 1.19 bits per heavy atom. The van der Waals surface area contributed by atoms with Gasteiger partial charge in [0, 0.05) is 38.8 Å². The molecule has 1 aromatic rings. The van der Waals surface area contributed by atoms with Crippen molar-refractivity contribution in [2.75, 3.05) is 56.5 Å². The smallest absolute Gasteiger partial charge is 0.249 e. The number of hydrogen-bond acceptors (Lipinski definition) is 9. The molecule has 36 heavy (non-hydrogen) atoms. The number of carbonyl (C=O) groups excluding carboxylic acids is 3. The van der Waals surface area contributed by atoms with Crippen LogP contribution in [0.15, 0.2) is 12.4 Å². The number of piperazine rings is 1. The summed E-state index contributed by atoms with van der Waals surface area (Å²) in [5, 5.41) is 14.6. The number of carbonyl (C=O) groups is 3. The van der Waals surface area contributed by atoms with Gasteiger partial charge in [-0.2, -0.15) is 0 Å². The zero-order chi connectivity index (χ0) is 25.5. The topological polar surface area (TPSA) is 134 Å². The van der Waals surface area contributed by atoms with E-state index in [4.69, 9.17) is 0 Å². The van der Waals surface area contributed by atoms with E-state index in [-0.39, 0.29) is 18.4 Å². The maximum Gasteiger partial charge on any atom is 0.249 e. The van der Waals surface area contributed by atoms with Crippen molar-refractivity contribution >= 4 is 29.9 Å². The summed E-state index contributed by atoms with van der Waals surface area (Å²) in [6.45, 7) is 4.05. The molecule has 0 bridgehead atoms. The Morgan fingerprint density at radius 2 is 1.94 bits per heavy atom. The zero-order valence-corrected chi connectivity index (χ0v) is 21.0. The monoisotopic (exact) mass is 502 g/mol. The van der Waals surface area contributed by atoms with E-state index in [9.17, 15) is 19.6 Å². The highest BCUT2D eigenvalue weighted by molar-refractivity contribution is 5.97. The normalized spacial score (nSPS) is 22.3. The molecular formula is C24H38N8O4. The number of rotatable bonds is 9. The van der Waals surface area contributed by atoms with Gasteiger partial charge in [-0.05, 0) is 32.2 Å². The number of hydrazine groups is 1. The number of hydroxylamine groups is 2. The third-order valence-corrected chi connectivity index (χ3v) is 7.49. The fourth-order valence-corrected chi connectivity index (χ4v) is 5.41. The quantitative estimate of drug-likeness (QED) is 0.253. The van der Waals surface area contributed by atoms with Gasteiger partial charge in [-0.25, -0.2) is 20.5 Å². The predicted molar refractivity (Wildman–Crippen MR) is 133 cm³/mol. The molecule has 2 saturated heterocycles. The van der Waals surface area contributed by atoms with Gasteiger partial charge >= 0.3 is 0 Å². The molecule has 2 atom stereocenters. The Bertz CT molecular complexity index is 904. The van der Waals surface area contributed by atoms with Crippen LogP contribution in [-0.2, 0) is 14.4 Å². The van der Waals surface area contributed by atoms with Gasteiger partial charge < -0.3 is 15.1 Å². The summed E-state index contributed by atoms with van der Waals surface area (Å²) in [5.41, 5.74) is 3.09. The molecule has 1 aliphatic carbocycles. The molecule has 3 amide bonds. The summed E-state index contributed by atoms with van der Waals surface area (Å²) in [6.07, 6.45) is 7.92. The Kier molecular flexibility index (Phi) is 9.05. The molecule has 0 aromatic carbocycles. The lowest BCUT2D eigenvalue weighted by Gasteiger charge is -2.38. The van der Waals surface area contributed by atoms with Crippen LogP contribution in [0.5, 0.6) is 0 Å². The van der Waals surface area contributed by atoms with Crippen molar-refractivity contribution in [1.82, 2.24) is 30.4 Å².